The lowest BCUT2D eigenvalue weighted by Crippen LogP contribution is -2.31. The molecule has 4 nitrogen and oxygen atoms in total. The Labute approximate surface area is 101 Å². The van der Waals surface area contributed by atoms with Gasteiger partial charge >= 0.3 is 0 Å². The Balaban J connectivity index is 2.10. The maximum absolute atomic E-state index is 5.85. The summed E-state index contributed by atoms with van der Waals surface area (Å²) in [6.07, 6.45) is 6.45. The second-order valence-electron chi connectivity index (χ2n) is 4.44. The molecule has 2 atom stereocenters. The smallest absolute Gasteiger partial charge is 0.157 e. The van der Waals surface area contributed by atoms with Gasteiger partial charge in [0.25, 0.3) is 0 Å². The molecule has 1 saturated carbocycles. The summed E-state index contributed by atoms with van der Waals surface area (Å²) in [4.78, 5) is 7.98. The predicted octanol–water partition coefficient (Wildman–Crippen LogP) is 2.70. The highest BCUT2D eigenvalue weighted by Gasteiger charge is 2.22. The molecule has 1 aliphatic carbocycles. The molecule has 0 radical (unpaired) electrons. The molecular formula is C11H17ClN4. The lowest BCUT2D eigenvalue weighted by atomic mass is 9.86. The molecule has 16 heavy (non-hydrogen) atoms. The van der Waals surface area contributed by atoms with Crippen molar-refractivity contribution in [3.05, 3.63) is 11.5 Å². The van der Waals surface area contributed by atoms with Crippen LogP contribution < -0.4 is 11.1 Å². The molecule has 0 bridgehead atoms. The van der Waals surface area contributed by atoms with Crippen molar-refractivity contribution < 1.29 is 0 Å². The highest BCUT2D eigenvalue weighted by atomic mass is 35.5. The predicted molar refractivity (Wildman–Crippen MR) is 66.5 cm³/mol. The first-order valence-electron chi connectivity index (χ1n) is 5.71. The maximum atomic E-state index is 5.85. The van der Waals surface area contributed by atoms with Crippen molar-refractivity contribution in [2.75, 3.05) is 11.1 Å². The molecule has 1 aliphatic rings. The van der Waals surface area contributed by atoms with Gasteiger partial charge in [-0.05, 0) is 18.8 Å². The molecule has 0 aromatic carbocycles. The van der Waals surface area contributed by atoms with E-state index in [4.69, 9.17) is 17.3 Å². The van der Waals surface area contributed by atoms with E-state index in [-0.39, 0.29) is 0 Å². The Morgan fingerprint density at radius 2 is 2.12 bits per heavy atom. The quantitative estimate of drug-likeness (QED) is 0.781. The molecule has 1 fully saturated rings. The SMILES string of the molecule is CC1CCCCC1Nc1ncnc(Cl)c1N. The van der Waals surface area contributed by atoms with Crippen LogP contribution in [-0.2, 0) is 0 Å². The van der Waals surface area contributed by atoms with E-state index >= 15 is 0 Å². The van der Waals surface area contributed by atoms with E-state index < -0.39 is 0 Å². The van der Waals surface area contributed by atoms with Gasteiger partial charge in [-0.2, -0.15) is 0 Å². The lowest BCUT2D eigenvalue weighted by Gasteiger charge is -2.30. The first kappa shape index (κ1) is 11.5. The van der Waals surface area contributed by atoms with Gasteiger partial charge in [0.05, 0.1) is 0 Å². The number of rotatable bonds is 2. The van der Waals surface area contributed by atoms with Crippen molar-refractivity contribution in [1.29, 1.82) is 0 Å². The molecule has 0 saturated heterocycles. The van der Waals surface area contributed by atoms with Gasteiger partial charge in [-0.25, -0.2) is 9.97 Å². The summed E-state index contributed by atoms with van der Waals surface area (Å²) < 4.78 is 0. The van der Waals surface area contributed by atoms with Gasteiger partial charge < -0.3 is 11.1 Å². The van der Waals surface area contributed by atoms with Crippen LogP contribution in [0.2, 0.25) is 5.15 Å². The lowest BCUT2D eigenvalue weighted by molar-refractivity contribution is 0.349. The van der Waals surface area contributed by atoms with Crippen LogP contribution in [0.1, 0.15) is 32.6 Å². The first-order valence-corrected chi connectivity index (χ1v) is 6.09. The molecule has 2 unspecified atom stereocenters. The van der Waals surface area contributed by atoms with Crippen molar-refractivity contribution in [1.82, 2.24) is 9.97 Å². The molecule has 3 N–H and O–H groups in total. The van der Waals surface area contributed by atoms with E-state index in [1.165, 1.54) is 32.0 Å². The Kier molecular flexibility index (Phi) is 3.49. The third kappa shape index (κ3) is 2.38. The zero-order valence-electron chi connectivity index (χ0n) is 9.41. The van der Waals surface area contributed by atoms with E-state index in [0.29, 0.717) is 28.6 Å². The average molecular weight is 241 g/mol. The zero-order valence-corrected chi connectivity index (χ0v) is 10.2. The van der Waals surface area contributed by atoms with Crippen molar-refractivity contribution >= 4 is 23.1 Å². The highest BCUT2D eigenvalue weighted by Crippen LogP contribution is 2.29. The minimum atomic E-state index is 0.320. The number of nitrogen functional groups attached to an aromatic ring is 1. The standard InChI is InChI=1S/C11H17ClN4/c1-7-4-2-3-5-8(7)16-11-9(13)10(12)14-6-15-11/h6-8H,2-5,13H2,1H3,(H,14,15,16). The Hall–Kier alpha value is -1.03. The van der Waals surface area contributed by atoms with E-state index in [9.17, 15) is 0 Å². The Morgan fingerprint density at radius 1 is 1.38 bits per heavy atom. The molecule has 1 aromatic heterocycles. The van der Waals surface area contributed by atoms with Crippen molar-refractivity contribution in [3.8, 4) is 0 Å². The number of nitrogens with two attached hydrogens (primary N) is 1. The summed E-state index contributed by atoms with van der Waals surface area (Å²) in [5, 5.41) is 3.70. The number of nitrogens with zero attached hydrogens (tertiary/aromatic N) is 2. The minimum Gasteiger partial charge on any atom is -0.393 e. The van der Waals surface area contributed by atoms with E-state index in [1.54, 1.807) is 0 Å². The van der Waals surface area contributed by atoms with Crippen LogP contribution in [0, 0.1) is 5.92 Å². The second-order valence-corrected chi connectivity index (χ2v) is 4.80. The van der Waals surface area contributed by atoms with E-state index in [1.807, 2.05) is 0 Å². The Bertz CT molecular complexity index is 369. The van der Waals surface area contributed by atoms with Crippen LogP contribution in [0.25, 0.3) is 0 Å². The second kappa shape index (κ2) is 4.87. The van der Waals surface area contributed by atoms with Crippen LogP contribution in [0.5, 0.6) is 0 Å². The summed E-state index contributed by atoms with van der Waals surface area (Å²) in [6.45, 7) is 2.26. The number of anilines is 2. The largest absolute Gasteiger partial charge is 0.393 e. The highest BCUT2D eigenvalue weighted by molar-refractivity contribution is 6.32. The molecule has 1 heterocycles. The average Bonchev–Trinajstić information content (AvgIpc) is 2.28. The van der Waals surface area contributed by atoms with Crippen molar-refractivity contribution in [2.24, 2.45) is 5.92 Å². The summed E-state index contributed by atoms with van der Waals surface area (Å²) in [6, 6.07) is 0.446. The van der Waals surface area contributed by atoms with E-state index in [2.05, 4.69) is 22.2 Å². The normalized spacial score (nSPS) is 25.4. The van der Waals surface area contributed by atoms with Gasteiger partial charge in [0.1, 0.15) is 12.0 Å². The molecule has 0 spiro atoms. The number of nitrogens with one attached hydrogen (secondary N) is 1. The molecule has 2 rings (SSSR count). The van der Waals surface area contributed by atoms with Crippen LogP contribution in [-0.4, -0.2) is 16.0 Å². The number of hydrogen-bond acceptors (Lipinski definition) is 4. The molecule has 5 heteroatoms. The first-order chi connectivity index (χ1) is 7.68. The third-order valence-corrected chi connectivity index (χ3v) is 3.57. The van der Waals surface area contributed by atoms with Gasteiger partial charge in [-0.15, -0.1) is 0 Å². The third-order valence-electron chi connectivity index (χ3n) is 3.27. The van der Waals surface area contributed by atoms with Crippen LogP contribution in [0.3, 0.4) is 0 Å². The number of halogens is 1. The number of hydrogen-bond donors (Lipinski definition) is 2. The topological polar surface area (TPSA) is 63.8 Å². The van der Waals surface area contributed by atoms with Gasteiger partial charge in [0.2, 0.25) is 0 Å². The van der Waals surface area contributed by atoms with E-state index in [0.717, 1.165) is 0 Å². The molecule has 0 aliphatic heterocycles. The molecule has 88 valence electrons. The van der Waals surface area contributed by atoms with Crippen LogP contribution in [0.4, 0.5) is 11.5 Å². The fraction of sp³-hybridized carbons (Fsp3) is 0.636. The molecular weight excluding hydrogens is 224 g/mol. The van der Waals surface area contributed by atoms with Gasteiger partial charge in [-0.1, -0.05) is 31.4 Å². The number of aromatic nitrogens is 2. The summed E-state index contributed by atoms with van der Waals surface area (Å²) in [5.74, 6) is 1.32. The van der Waals surface area contributed by atoms with Crippen molar-refractivity contribution in [3.63, 3.8) is 0 Å². The van der Waals surface area contributed by atoms with Crippen LogP contribution >= 0.6 is 11.6 Å². The minimum absolute atomic E-state index is 0.320. The van der Waals surface area contributed by atoms with Gasteiger partial charge in [-0.3, -0.25) is 0 Å². The maximum Gasteiger partial charge on any atom is 0.157 e. The fourth-order valence-corrected chi connectivity index (χ4v) is 2.33. The molecule has 1 aromatic rings. The van der Waals surface area contributed by atoms with Gasteiger partial charge in [0, 0.05) is 6.04 Å². The summed E-state index contributed by atoms with van der Waals surface area (Å²) in [5.41, 5.74) is 6.27. The van der Waals surface area contributed by atoms with Crippen LogP contribution in [0.15, 0.2) is 6.33 Å². The van der Waals surface area contributed by atoms with Crippen molar-refractivity contribution in [2.45, 2.75) is 38.6 Å². The summed E-state index contributed by atoms with van der Waals surface area (Å²) in [7, 11) is 0. The molecule has 0 amide bonds. The fourth-order valence-electron chi connectivity index (χ4n) is 2.20. The monoisotopic (exact) mass is 240 g/mol. The Morgan fingerprint density at radius 3 is 2.88 bits per heavy atom. The zero-order chi connectivity index (χ0) is 11.5. The summed E-state index contributed by atoms with van der Waals surface area (Å²) >= 11 is 5.85. The van der Waals surface area contributed by atoms with Gasteiger partial charge in [0.15, 0.2) is 11.0 Å².